The van der Waals surface area contributed by atoms with Crippen molar-refractivity contribution in [1.82, 2.24) is 9.62 Å². The summed E-state index contributed by atoms with van der Waals surface area (Å²) in [5.41, 5.74) is 0.983. The Kier molecular flexibility index (Phi) is 6.02. The first-order valence-electron chi connectivity index (χ1n) is 9.42. The smallest absolute Gasteiger partial charge is 0.240 e. The van der Waals surface area contributed by atoms with Gasteiger partial charge in [0.1, 0.15) is 5.75 Å². The summed E-state index contributed by atoms with van der Waals surface area (Å²) in [6.45, 7) is 9.18. The molecule has 2 atom stereocenters. The maximum absolute atomic E-state index is 12.4. The van der Waals surface area contributed by atoms with E-state index in [1.807, 2.05) is 0 Å². The third-order valence-electron chi connectivity index (χ3n) is 5.11. The zero-order valence-corrected chi connectivity index (χ0v) is 16.1. The molecule has 2 aliphatic heterocycles. The molecule has 25 heavy (non-hydrogen) atoms. The van der Waals surface area contributed by atoms with Crippen molar-refractivity contribution in [2.45, 2.75) is 44.4 Å². The van der Waals surface area contributed by atoms with Crippen LogP contribution in [0.15, 0.2) is 23.1 Å². The molecule has 0 radical (unpaired) electrons. The van der Waals surface area contributed by atoms with Gasteiger partial charge < -0.3 is 9.64 Å². The Balaban J connectivity index is 1.42. The first-order chi connectivity index (χ1) is 11.9. The number of likely N-dealkylation sites (tertiary alicyclic amines) is 1. The number of piperidine rings is 1. The van der Waals surface area contributed by atoms with Crippen LogP contribution < -0.4 is 9.46 Å². The first-order valence-corrected chi connectivity index (χ1v) is 10.9. The van der Waals surface area contributed by atoms with Crippen LogP contribution in [0.4, 0.5) is 0 Å². The lowest BCUT2D eigenvalue weighted by Crippen LogP contribution is -2.39. The Morgan fingerprint density at radius 2 is 1.96 bits per heavy atom. The van der Waals surface area contributed by atoms with Crippen LogP contribution in [0, 0.1) is 11.8 Å². The molecule has 0 amide bonds. The molecule has 0 saturated carbocycles. The van der Waals surface area contributed by atoms with Crippen molar-refractivity contribution in [1.29, 1.82) is 0 Å². The molecule has 0 aromatic heterocycles. The number of unbranched alkanes of at least 4 members (excludes halogenated alkanes) is 1. The van der Waals surface area contributed by atoms with E-state index in [4.69, 9.17) is 4.74 Å². The molecule has 1 fully saturated rings. The minimum atomic E-state index is -3.42. The van der Waals surface area contributed by atoms with Gasteiger partial charge in [-0.25, -0.2) is 13.1 Å². The third-order valence-corrected chi connectivity index (χ3v) is 6.57. The minimum absolute atomic E-state index is 0.343. The predicted octanol–water partition coefficient (Wildman–Crippen LogP) is 2.66. The van der Waals surface area contributed by atoms with Crippen molar-refractivity contribution >= 4 is 10.0 Å². The lowest BCUT2D eigenvalue weighted by Gasteiger charge is -2.34. The second-order valence-electron chi connectivity index (χ2n) is 7.68. The molecule has 1 aromatic carbocycles. The van der Waals surface area contributed by atoms with Crippen LogP contribution in [0.25, 0.3) is 0 Å². The SMILES string of the molecule is C[C@@H]1C[C@@H](C)CN(CCCCNS(=O)(=O)c2ccc3c(c2)CCO3)C1. The van der Waals surface area contributed by atoms with Gasteiger partial charge in [0, 0.05) is 26.1 Å². The van der Waals surface area contributed by atoms with E-state index in [0.717, 1.165) is 49.0 Å². The highest BCUT2D eigenvalue weighted by Gasteiger charge is 2.21. The summed E-state index contributed by atoms with van der Waals surface area (Å²) in [7, 11) is -3.42. The van der Waals surface area contributed by atoms with Crippen molar-refractivity contribution in [3.63, 3.8) is 0 Å². The topological polar surface area (TPSA) is 58.6 Å². The molecule has 1 aromatic rings. The van der Waals surface area contributed by atoms with Crippen molar-refractivity contribution in [3.05, 3.63) is 23.8 Å². The van der Waals surface area contributed by atoms with Gasteiger partial charge in [-0.05, 0) is 61.4 Å². The molecule has 1 saturated heterocycles. The minimum Gasteiger partial charge on any atom is -0.493 e. The first kappa shape index (κ1) is 18.7. The Hall–Kier alpha value is -1.11. The molecule has 2 heterocycles. The van der Waals surface area contributed by atoms with Gasteiger partial charge >= 0.3 is 0 Å². The summed E-state index contributed by atoms with van der Waals surface area (Å²) in [6, 6.07) is 5.12. The fraction of sp³-hybridized carbons (Fsp3) is 0.684. The van der Waals surface area contributed by atoms with E-state index in [0.29, 0.717) is 18.0 Å². The summed E-state index contributed by atoms with van der Waals surface area (Å²) in [5, 5.41) is 0. The van der Waals surface area contributed by atoms with E-state index in [9.17, 15) is 8.42 Å². The van der Waals surface area contributed by atoms with Crippen LogP contribution >= 0.6 is 0 Å². The van der Waals surface area contributed by atoms with E-state index in [1.165, 1.54) is 19.5 Å². The van der Waals surface area contributed by atoms with Crippen LogP contribution in [0.2, 0.25) is 0 Å². The van der Waals surface area contributed by atoms with Crippen LogP contribution in [0.5, 0.6) is 5.75 Å². The fourth-order valence-electron chi connectivity index (χ4n) is 4.05. The Morgan fingerprint density at radius 1 is 1.20 bits per heavy atom. The number of ether oxygens (including phenoxy) is 1. The monoisotopic (exact) mass is 366 g/mol. The zero-order valence-electron chi connectivity index (χ0n) is 15.3. The predicted molar refractivity (Wildman–Crippen MR) is 99.4 cm³/mol. The van der Waals surface area contributed by atoms with Gasteiger partial charge in [-0.1, -0.05) is 13.8 Å². The molecule has 0 aliphatic carbocycles. The van der Waals surface area contributed by atoms with E-state index < -0.39 is 10.0 Å². The Bertz CT molecular complexity index is 680. The summed E-state index contributed by atoms with van der Waals surface area (Å²) in [6.07, 6.45) is 4.00. The molecule has 0 spiro atoms. The summed E-state index contributed by atoms with van der Waals surface area (Å²) < 4.78 is 33.0. The van der Waals surface area contributed by atoms with Crippen molar-refractivity contribution in [2.24, 2.45) is 11.8 Å². The number of fused-ring (bicyclic) bond motifs is 1. The molecule has 0 bridgehead atoms. The molecule has 1 N–H and O–H groups in total. The molecule has 3 rings (SSSR count). The van der Waals surface area contributed by atoms with E-state index in [1.54, 1.807) is 18.2 Å². The van der Waals surface area contributed by atoms with Gasteiger partial charge in [-0.3, -0.25) is 0 Å². The quantitative estimate of drug-likeness (QED) is 0.754. The second kappa shape index (κ2) is 8.06. The number of rotatable bonds is 7. The zero-order chi connectivity index (χ0) is 17.9. The second-order valence-corrected chi connectivity index (χ2v) is 9.45. The standard InChI is InChI=1S/C19H30N2O3S/c1-15-11-16(2)14-21(13-15)9-4-3-8-20-25(22,23)18-5-6-19-17(12-18)7-10-24-19/h5-6,12,15-16,20H,3-4,7-11,13-14H2,1-2H3/t15-,16-/m1/s1. The van der Waals surface area contributed by atoms with Gasteiger partial charge in [0.15, 0.2) is 0 Å². The molecule has 140 valence electrons. The fourth-order valence-corrected chi connectivity index (χ4v) is 5.18. The summed E-state index contributed by atoms with van der Waals surface area (Å²) in [4.78, 5) is 2.86. The normalized spacial score (nSPS) is 24.1. The number of hydrogen-bond donors (Lipinski definition) is 1. The third kappa shape index (κ3) is 4.96. The number of hydrogen-bond acceptors (Lipinski definition) is 4. The average molecular weight is 367 g/mol. The summed E-state index contributed by atoms with van der Waals surface area (Å²) in [5.74, 6) is 2.35. The van der Waals surface area contributed by atoms with Gasteiger partial charge in [0.25, 0.3) is 0 Å². The van der Waals surface area contributed by atoms with Crippen LogP contribution in [0.1, 0.15) is 38.7 Å². The molecule has 6 heteroatoms. The highest BCUT2D eigenvalue weighted by Crippen LogP contribution is 2.27. The number of benzene rings is 1. The molecule has 0 unspecified atom stereocenters. The largest absolute Gasteiger partial charge is 0.493 e. The number of sulfonamides is 1. The Morgan fingerprint density at radius 3 is 2.72 bits per heavy atom. The lowest BCUT2D eigenvalue weighted by atomic mass is 9.92. The van der Waals surface area contributed by atoms with Gasteiger partial charge in [-0.2, -0.15) is 0 Å². The molecule has 2 aliphatic rings. The van der Waals surface area contributed by atoms with Gasteiger partial charge in [0.2, 0.25) is 10.0 Å². The van der Waals surface area contributed by atoms with Crippen molar-refractivity contribution in [3.8, 4) is 5.75 Å². The lowest BCUT2D eigenvalue weighted by molar-refractivity contribution is 0.139. The van der Waals surface area contributed by atoms with Crippen LogP contribution in [-0.2, 0) is 16.4 Å². The molecular formula is C19H30N2O3S. The summed E-state index contributed by atoms with van der Waals surface area (Å²) >= 11 is 0. The van der Waals surface area contributed by atoms with Gasteiger partial charge in [0.05, 0.1) is 11.5 Å². The number of nitrogens with one attached hydrogen (secondary N) is 1. The maximum atomic E-state index is 12.4. The van der Waals surface area contributed by atoms with E-state index >= 15 is 0 Å². The van der Waals surface area contributed by atoms with Crippen molar-refractivity contribution in [2.75, 3.05) is 32.8 Å². The van der Waals surface area contributed by atoms with E-state index in [-0.39, 0.29) is 0 Å². The van der Waals surface area contributed by atoms with Crippen molar-refractivity contribution < 1.29 is 13.2 Å². The van der Waals surface area contributed by atoms with E-state index in [2.05, 4.69) is 23.5 Å². The highest BCUT2D eigenvalue weighted by molar-refractivity contribution is 7.89. The average Bonchev–Trinajstić information content (AvgIpc) is 3.01. The van der Waals surface area contributed by atoms with Crippen LogP contribution in [-0.4, -0.2) is 46.1 Å². The maximum Gasteiger partial charge on any atom is 0.240 e. The molecule has 5 nitrogen and oxygen atoms in total. The van der Waals surface area contributed by atoms with Gasteiger partial charge in [-0.15, -0.1) is 0 Å². The molecular weight excluding hydrogens is 336 g/mol. The Labute approximate surface area is 151 Å². The van der Waals surface area contributed by atoms with Crippen LogP contribution in [0.3, 0.4) is 0 Å². The number of nitrogens with zero attached hydrogens (tertiary/aromatic N) is 1. The highest BCUT2D eigenvalue weighted by atomic mass is 32.2.